The Kier molecular flexibility index (Phi) is 6.75. The molecule has 5 nitrogen and oxygen atoms in total. The summed E-state index contributed by atoms with van der Waals surface area (Å²) in [6, 6.07) is 0.294. The van der Waals surface area contributed by atoms with Crippen molar-refractivity contribution in [3.63, 3.8) is 0 Å². The fraction of sp³-hybridized carbons (Fsp3) is 0.667. The summed E-state index contributed by atoms with van der Waals surface area (Å²) in [6.07, 6.45) is 2.58. The lowest BCUT2D eigenvalue weighted by Gasteiger charge is -2.09. The van der Waals surface area contributed by atoms with Gasteiger partial charge in [0.25, 0.3) is 0 Å². The van der Waals surface area contributed by atoms with Crippen molar-refractivity contribution >= 4 is 17.4 Å². The number of hydrogen-bond acceptors (Lipinski definition) is 5. The molecule has 1 aromatic heterocycles. The van der Waals surface area contributed by atoms with Gasteiger partial charge >= 0.3 is 6.01 Å². The van der Waals surface area contributed by atoms with Gasteiger partial charge in [-0.25, -0.2) is 4.98 Å². The van der Waals surface area contributed by atoms with Crippen molar-refractivity contribution in [3.05, 3.63) is 11.2 Å². The van der Waals surface area contributed by atoms with Crippen LogP contribution in [0.4, 0.5) is 5.82 Å². The zero-order valence-corrected chi connectivity index (χ0v) is 11.8. The van der Waals surface area contributed by atoms with E-state index >= 15 is 0 Å². The maximum Gasteiger partial charge on any atom is 0.318 e. The Morgan fingerprint density at radius 1 is 1.39 bits per heavy atom. The Hall–Kier alpha value is -1.07. The Balaban J connectivity index is 2.26. The monoisotopic (exact) mass is 273 g/mol. The molecule has 0 aliphatic carbocycles. The van der Waals surface area contributed by atoms with Crippen LogP contribution in [-0.2, 0) is 4.74 Å². The number of ether oxygens (including phenoxy) is 2. The largest absolute Gasteiger partial charge is 0.467 e. The molecule has 0 saturated heterocycles. The SMILES string of the molecule is COc1ncc(Cl)c(NCCOCCC(C)C)n1. The Morgan fingerprint density at radius 3 is 2.83 bits per heavy atom. The summed E-state index contributed by atoms with van der Waals surface area (Å²) in [6.45, 7) is 6.40. The molecule has 0 saturated carbocycles. The van der Waals surface area contributed by atoms with E-state index in [1.165, 1.54) is 13.3 Å². The lowest BCUT2D eigenvalue weighted by Crippen LogP contribution is -2.12. The molecule has 0 aliphatic rings. The molecule has 0 radical (unpaired) electrons. The molecule has 6 heteroatoms. The van der Waals surface area contributed by atoms with E-state index in [0.29, 0.717) is 35.9 Å². The summed E-state index contributed by atoms with van der Waals surface area (Å²) in [5, 5.41) is 3.56. The molecule has 0 fully saturated rings. The molecule has 102 valence electrons. The minimum absolute atomic E-state index is 0.294. The van der Waals surface area contributed by atoms with Gasteiger partial charge in [0.2, 0.25) is 0 Å². The summed E-state index contributed by atoms with van der Waals surface area (Å²) in [7, 11) is 1.52. The highest BCUT2D eigenvalue weighted by atomic mass is 35.5. The van der Waals surface area contributed by atoms with Crippen LogP contribution in [0.2, 0.25) is 5.02 Å². The van der Waals surface area contributed by atoms with Crippen molar-refractivity contribution in [1.82, 2.24) is 9.97 Å². The maximum absolute atomic E-state index is 5.95. The molecule has 0 aliphatic heterocycles. The van der Waals surface area contributed by atoms with E-state index in [2.05, 4.69) is 29.1 Å². The van der Waals surface area contributed by atoms with Crippen LogP contribution in [0.5, 0.6) is 6.01 Å². The fourth-order valence-corrected chi connectivity index (χ4v) is 1.39. The zero-order chi connectivity index (χ0) is 13.4. The van der Waals surface area contributed by atoms with E-state index in [4.69, 9.17) is 21.1 Å². The van der Waals surface area contributed by atoms with Gasteiger partial charge in [-0.2, -0.15) is 4.98 Å². The molecule has 1 N–H and O–H groups in total. The van der Waals surface area contributed by atoms with Gasteiger partial charge in [0, 0.05) is 13.2 Å². The predicted molar refractivity (Wildman–Crippen MR) is 72.4 cm³/mol. The quantitative estimate of drug-likeness (QED) is 0.738. The van der Waals surface area contributed by atoms with Crippen molar-refractivity contribution in [2.75, 3.05) is 32.2 Å². The number of aromatic nitrogens is 2. The second-order valence-corrected chi connectivity index (χ2v) is 4.68. The van der Waals surface area contributed by atoms with Crippen molar-refractivity contribution in [2.45, 2.75) is 20.3 Å². The average Bonchev–Trinajstić information content (AvgIpc) is 2.35. The standard InChI is InChI=1S/C12H20ClN3O2/c1-9(2)4-6-18-7-5-14-11-10(13)8-15-12(16-11)17-3/h8-9H,4-7H2,1-3H3,(H,14,15,16). The highest BCUT2D eigenvalue weighted by Crippen LogP contribution is 2.19. The first-order chi connectivity index (χ1) is 8.63. The molecule has 0 aromatic carbocycles. The normalized spacial score (nSPS) is 10.7. The van der Waals surface area contributed by atoms with Crippen LogP contribution < -0.4 is 10.1 Å². The number of nitrogens with one attached hydrogen (secondary N) is 1. The molecular formula is C12H20ClN3O2. The third-order valence-corrected chi connectivity index (χ3v) is 2.56. The van der Waals surface area contributed by atoms with Crippen LogP contribution in [0, 0.1) is 5.92 Å². The lowest BCUT2D eigenvalue weighted by molar-refractivity contribution is 0.132. The first-order valence-electron chi connectivity index (χ1n) is 6.01. The first kappa shape index (κ1) is 15.0. The van der Waals surface area contributed by atoms with Gasteiger partial charge in [-0.1, -0.05) is 25.4 Å². The van der Waals surface area contributed by atoms with Crippen LogP contribution in [0.3, 0.4) is 0 Å². The summed E-state index contributed by atoms with van der Waals surface area (Å²) in [5.74, 6) is 1.23. The molecule has 1 heterocycles. The number of anilines is 1. The average molecular weight is 274 g/mol. The number of nitrogens with zero attached hydrogens (tertiary/aromatic N) is 2. The summed E-state index contributed by atoms with van der Waals surface area (Å²) < 4.78 is 10.4. The second-order valence-electron chi connectivity index (χ2n) is 4.27. The highest BCUT2D eigenvalue weighted by molar-refractivity contribution is 6.32. The lowest BCUT2D eigenvalue weighted by atomic mass is 10.1. The topological polar surface area (TPSA) is 56.3 Å². The Bertz CT molecular complexity index is 361. The molecule has 0 atom stereocenters. The van der Waals surface area contributed by atoms with Gasteiger partial charge in [0.1, 0.15) is 5.02 Å². The zero-order valence-electron chi connectivity index (χ0n) is 11.1. The summed E-state index contributed by atoms with van der Waals surface area (Å²) in [4.78, 5) is 8.00. The Labute approximate surface area is 113 Å². The molecule has 0 bridgehead atoms. The van der Waals surface area contributed by atoms with Crippen LogP contribution in [0.15, 0.2) is 6.20 Å². The van der Waals surface area contributed by atoms with Gasteiger partial charge in [-0.15, -0.1) is 0 Å². The van der Waals surface area contributed by atoms with Crippen LogP contribution in [0.1, 0.15) is 20.3 Å². The predicted octanol–water partition coefficient (Wildman–Crippen LogP) is 2.61. The molecule has 0 spiro atoms. The van der Waals surface area contributed by atoms with Gasteiger partial charge in [0.05, 0.1) is 19.9 Å². The van der Waals surface area contributed by atoms with Crippen molar-refractivity contribution in [1.29, 1.82) is 0 Å². The van der Waals surface area contributed by atoms with E-state index in [9.17, 15) is 0 Å². The van der Waals surface area contributed by atoms with Gasteiger partial charge < -0.3 is 14.8 Å². The third kappa shape index (κ3) is 5.51. The van der Waals surface area contributed by atoms with Crippen molar-refractivity contribution in [3.8, 4) is 6.01 Å². The molecule has 1 rings (SSSR count). The molecule has 0 unspecified atom stereocenters. The minimum atomic E-state index is 0.294. The Morgan fingerprint density at radius 2 is 2.17 bits per heavy atom. The molecule has 1 aromatic rings. The van der Waals surface area contributed by atoms with Gasteiger partial charge in [0.15, 0.2) is 5.82 Å². The number of methoxy groups -OCH3 is 1. The van der Waals surface area contributed by atoms with E-state index in [-0.39, 0.29) is 0 Å². The highest BCUT2D eigenvalue weighted by Gasteiger charge is 2.04. The first-order valence-corrected chi connectivity index (χ1v) is 6.39. The molecule has 18 heavy (non-hydrogen) atoms. The van der Waals surface area contributed by atoms with Crippen LogP contribution in [0.25, 0.3) is 0 Å². The minimum Gasteiger partial charge on any atom is -0.467 e. The maximum atomic E-state index is 5.95. The third-order valence-electron chi connectivity index (χ3n) is 2.28. The summed E-state index contributed by atoms with van der Waals surface area (Å²) >= 11 is 5.95. The smallest absolute Gasteiger partial charge is 0.318 e. The van der Waals surface area contributed by atoms with Crippen molar-refractivity contribution in [2.24, 2.45) is 5.92 Å². The number of hydrogen-bond donors (Lipinski definition) is 1. The van der Waals surface area contributed by atoms with Crippen LogP contribution in [-0.4, -0.2) is 36.8 Å². The van der Waals surface area contributed by atoms with E-state index < -0.39 is 0 Å². The van der Waals surface area contributed by atoms with Crippen LogP contribution >= 0.6 is 11.6 Å². The summed E-state index contributed by atoms with van der Waals surface area (Å²) in [5.41, 5.74) is 0. The van der Waals surface area contributed by atoms with E-state index in [1.807, 2.05) is 0 Å². The molecular weight excluding hydrogens is 254 g/mol. The second kappa shape index (κ2) is 8.11. The van der Waals surface area contributed by atoms with Crippen molar-refractivity contribution < 1.29 is 9.47 Å². The van der Waals surface area contributed by atoms with E-state index in [1.54, 1.807) is 0 Å². The number of halogens is 1. The molecule has 0 amide bonds. The van der Waals surface area contributed by atoms with Gasteiger partial charge in [-0.05, 0) is 12.3 Å². The van der Waals surface area contributed by atoms with E-state index in [0.717, 1.165) is 13.0 Å². The fourth-order valence-electron chi connectivity index (χ4n) is 1.24. The van der Waals surface area contributed by atoms with Gasteiger partial charge in [-0.3, -0.25) is 0 Å². The number of rotatable bonds is 8.